The van der Waals surface area contributed by atoms with Gasteiger partial charge in [0, 0.05) is 36.5 Å². The first-order valence-corrected chi connectivity index (χ1v) is 11.9. The van der Waals surface area contributed by atoms with E-state index in [1.807, 2.05) is 37.8 Å². The molecule has 33 heavy (non-hydrogen) atoms. The van der Waals surface area contributed by atoms with Gasteiger partial charge in [0.15, 0.2) is 0 Å². The Kier molecular flexibility index (Phi) is 5.21. The highest BCUT2D eigenvalue weighted by atomic mass is 16.6. The molecule has 3 fully saturated rings. The van der Waals surface area contributed by atoms with Crippen LogP contribution in [0.2, 0.25) is 0 Å². The summed E-state index contributed by atoms with van der Waals surface area (Å²) in [6.07, 6.45) is 4.25. The predicted molar refractivity (Wildman–Crippen MR) is 119 cm³/mol. The number of hydrogen-bond acceptors (Lipinski definition) is 5. The van der Waals surface area contributed by atoms with Gasteiger partial charge in [-0.3, -0.25) is 19.7 Å². The van der Waals surface area contributed by atoms with Crippen molar-refractivity contribution in [2.24, 2.45) is 0 Å². The lowest BCUT2D eigenvalue weighted by Crippen LogP contribution is -2.52. The van der Waals surface area contributed by atoms with E-state index in [4.69, 9.17) is 4.74 Å². The van der Waals surface area contributed by atoms with Crippen molar-refractivity contribution < 1.29 is 23.9 Å². The van der Waals surface area contributed by atoms with Crippen LogP contribution in [-0.4, -0.2) is 57.3 Å². The number of carbonyl (C=O) groups is 4. The molecule has 4 aliphatic rings. The topological polar surface area (TPSA) is 96.0 Å². The van der Waals surface area contributed by atoms with Crippen molar-refractivity contribution in [3.8, 4) is 0 Å². The number of imide groups is 1. The van der Waals surface area contributed by atoms with Crippen molar-refractivity contribution in [2.45, 2.75) is 95.5 Å². The van der Waals surface area contributed by atoms with Gasteiger partial charge in [-0.2, -0.15) is 0 Å². The van der Waals surface area contributed by atoms with E-state index in [1.165, 1.54) is 0 Å². The molecule has 1 aromatic rings. The first kappa shape index (κ1) is 21.9. The average molecular weight is 454 g/mol. The maximum Gasteiger partial charge on any atom is 0.410 e. The van der Waals surface area contributed by atoms with Crippen LogP contribution in [0.25, 0.3) is 0 Å². The highest BCUT2D eigenvalue weighted by Gasteiger charge is 2.47. The Morgan fingerprint density at radius 3 is 2.55 bits per heavy atom. The summed E-state index contributed by atoms with van der Waals surface area (Å²) in [6, 6.07) is 5.66. The van der Waals surface area contributed by atoms with Crippen LogP contribution < -0.4 is 5.32 Å². The first-order chi connectivity index (χ1) is 15.6. The molecule has 0 aromatic heterocycles. The Bertz CT molecular complexity index is 1030. The summed E-state index contributed by atoms with van der Waals surface area (Å²) in [6.45, 7) is 6.03. The Morgan fingerprint density at radius 1 is 1.06 bits per heavy atom. The molecule has 176 valence electrons. The second-order valence-corrected chi connectivity index (χ2v) is 10.7. The molecule has 3 saturated heterocycles. The van der Waals surface area contributed by atoms with E-state index in [1.54, 1.807) is 4.90 Å². The molecule has 0 radical (unpaired) electrons. The number of nitrogens with one attached hydrogen (secondary N) is 1. The molecule has 4 atom stereocenters. The fraction of sp³-hybridized carbons (Fsp3) is 0.600. The normalized spacial score (nSPS) is 29.2. The van der Waals surface area contributed by atoms with E-state index in [0.29, 0.717) is 18.5 Å². The van der Waals surface area contributed by atoms with E-state index < -0.39 is 17.6 Å². The fourth-order valence-electron chi connectivity index (χ4n) is 5.97. The van der Waals surface area contributed by atoms with Gasteiger partial charge in [0.05, 0.1) is 0 Å². The third-order valence-corrected chi connectivity index (χ3v) is 7.40. The Morgan fingerprint density at radius 2 is 1.82 bits per heavy atom. The van der Waals surface area contributed by atoms with Crippen molar-refractivity contribution in [3.05, 3.63) is 34.9 Å². The van der Waals surface area contributed by atoms with Crippen molar-refractivity contribution in [1.82, 2.24) is 15.1 Å². The van der Waals surface area contributed by atoms with E-state index >= 15 is 0 Å². The molecular weight excluding hydrogens is 422 g/mol. The summed E-state index contributed by atoms with van der Waals surface area (Å²) >= 11 is 0. The smallest absolute Gasteiger partial charge is 0.410 e. The number of rotatable bonds is 2. The quantitative estimate of drug-likeness (QED) is 0.695. The first-order valence-electron chi connectivity index (χ1n) is 11.9. The zero-order valence-electron chi connectivity index (χ0n) is 19.4. The van der Waals surface area contributed by atoms with Gasteiger partial charge in [-0.05, 0) is 70.1 Å². The minimum Gasteiger partial charge on any atom is -0.444 e. The van der Waals surface area contributed by atoms with Crippen molar-refractivity contribution >= 4 is 23.8 Å². The van der Waals surface area contributed by atoms with Gasteiger partial charge in [-0.25, -0.2) is 4.79 Å². The maximum atomic E-state index is 13.0. The molecule has 4 unspecified atom stereocenters. The van der Waals surface area contributed by atoms with Crippen molar-refractivity contribution in [2.75, 3.05) is 0 Å². The lowest BCUT2D eigenvalue weighted by atomic mass is 9.83. The highest BCUT2D eigenvalue weighted by Crippen LogP contribution is 2.45. The van der Waals surface area contributed by atoms with E-state index in [2.05, 4.69) is 11.4 Å². The lowest BCUT2D eigenvalue weighted by molar-refractivity contribution is -0.136. The van der Waals surface area contributed by atoms with Crippen LogP contribution in [0.5, 0.6) is 0 Å². The van der Waals surface area contributed by atoms with Crippen LogP contribution in [0.1, 0.15) is 86.7 Å². The second kappa shape index (κ2) is 7.85. The van der Waals surface area contributed by atoms with Crippen LogP contribution in [0, 0.1) is 0 Å². The van der Waals surface area contributed by atoms with E-state index in [-0.39, 0.29) is 42.3 Å². The third kappa shape index (κ3) is 3.89. The van der Waals surface area contributed by atoms with Crippen LogP contribution in [0.4, 0.5) is 4.79 Å². The fourth-order valence-corrected chi connectivity index (χ4v) is 5.97. The summed E-state index contributed by atoms with van der Waals surface area (Å²) < 4.78 is 5.70. The molecule has 0 aliphatic carbocycles. The molecule has 5 rings (SSSR count). The van der Waals surface area contributed by atoms with Gasteiger partial charge < -0.3 is 14.5 Å². The number of fused-ring (bicyclic) bond motifs is 3. The molecular formula is C25H31N3O5. The summed E-state index contributed by atoms with van der Waals surface area (Å²) in [5, 5.41) is 2.35. The molecule has 1 N–H and O–H groups in total. The zero-order valence-corrected chi connectivity index (χ0v) is 19.4. The molecule has 4 aliphatic heterocycles. The SMILES string of the molecule is CC(C)(C)OC(=O)N1C2CCC(c3ccc4c(c3)CN(C3CCC(=O)NC3=O)C4=O)C1CC2. The summed E-state index contributed by atoms with van der Waals surface area (Å²) in [5.41, 5.74) is 2.13. The molecule has 0 saturated carbocycles. The summed E-state index contributed by atoms with van der Waals surface area (Å²) in [5.74, 6) is -0.651. The highest BCUT2D eigenvalue weighted by molar-refractivity contribution is 6.05. The van der Waals surface area contributed by atoms with Crippen LogP contribution in [0.15, 0.2) is 18.2 Å². The summed E-state index contributed by atoms with van der Waals surface area (Å²) in [7, 11) is 0. The average Bonchev–Trinajstić information content (AvgIpc) is 3.22. The lowest BCUT2D eigenvalue weighted by Gasteiger charge is -2.40. The Hall–Kier alpha value is -2.90. The third-order valence-electron chi connectivity index (χ3n) is 7.40. The minimum atomic E-state index is -0.612. The van der Waals surface area contributed by atoms with Crippen LogP contribution in [0.3, 0.4) is 0 Å². The molecule has 8 nitrogen and oxygen atoms in total. The summed E-state index contributed by atoms with van der Waals surface area (Å²) in [4.78, 5) is 53.3. The van der Waals surface area contributed by atoms with E-state index in [0.717, 1.165) is 36.8 Å². The van der Waals surface area contributed by atoms with Gasteiger partial charge in [0.25, 0.3) is 5.91 Å². The second-order valence-electron chi connectivity index (χ2n) is 10.7. The van der Waals surface area contributed by atoms with Gasteiger partial charge in [0.1, 0.15) is 11.6 Å². The van der Waals surface area contributed by atoms with Gasteiger partial charge in [0.2, 0.25) is 11.8 Å². The number of carbonyl (C=O) groups excluding carboxylic acids is 4. The predicted octanol–water partition coefficient (Wildman–Crippen LogP) is 3.09. The molecule has 2 bridgehead atoms. The molecule has 1 aromatic carbocycles. The monoisotopic (exact) mass is 453 g/mol. The number of hydrogen-bond donors (Lipinski definition) is 1. The Balaban J connectivity index is 1.36. The minimum absolute atomic E-state index is 0.0972. The van der Waals surface area contributed by atoms with Crippen molar-refractivity contribution in [3.63, 3.8) is 0 Å². The van der Waals surface area contributed by atoms with Crippen molar-refractivity contribution in [1.29, 1.82) is 0 Å². The molecule has 4 heterocycles. The number of amides is 4. The molecule has 8 heteroatoms. The number of ether oxygens (including phenoxy) is 1. The van der Waals surface area contributed by atoms with Gasteiger partial charge >= 0.3 is 6.09 Å². The largest absolute Gasteiger partial charge is 0.444 e. The standard InChI is InChI=1S/C25H31N3O5/c1-25(2,3)33-24(32)28-16-5-8-17(19(28)9-6-16)14-4-7-18-15(12-14)13-27(23(18)31)20-10-11-21(29)26-22(20)30/h4,7,12,16-17,19-20H,5-6,8-11,13H2,1-3H3,(H,26,29,30). The number of nitrogens with zero attached hydrogens (tertiary/aromatic N) is 2. The van der Waals surface area contributed by atoms with Crippen LogP contribution in [-0.2, 0) is 20.9 Å². The zero-order chi connectivity index (χ0) is 23.5. The number of piperidine rings is 2. The van der Waals surface area contributed by atoms with Crippen LogP contribution >= 0.6 is 0 Å². The van der Waals surface area contributed by atoms with Gasteiger partial charge in [-0.15, -0.1) is 0 Å². The van der Waals surface area contributed by atoms with Gasteiger partial charge in [-0.1, -0.05) is 12.1 Å². The Labute approximate surface area is 193 Å². The molecule has 0 spiro atoms. The van der Waals surface area contributed by atoms with E-state index in [9.17, 15) is 19.2 Å². The molecule has 4 amide bonds. The maximum absolute atomic E-state index is 13.0. The number of benzene rings is 1.